The summed E-state index contributed by atoms with van der Waals surface area (Å²) in [6.07, 6.45) is 6.82. The van der Waals surface area contributed by atoms with Crippen molar-refractivity contribution in [1.29, 1.82) is 0 Å². The van der Waals surface area contributed by atoms with Gasteiger partial charge in [0.1, 0.15) is 0 Å². The lowest BCUT2D eigenvalue weighted by Gasteiger charge is -2.23. The van der Waals surface area contributed by atoms with Crippen LogP contribution >= 0.6 is 15.9 Å². The zero-order valence-electron chi connectivity index (χ0n) is 5.65. The van der Waals surface area contributed by atoms with Gasteiger partial charge in [-0.1, -0.05) is 48.0 Å². The molecule has 1 aliphatic rings. The molecule has 2 radical (unpaired) electrons. The first kappa shape index (κ1) is 7.65. The quantitative estimate of drug-likeness (QED) is 0.436. The van der Waals surface area contributed by atoms with Crippen LogP contribution in [-0.4, -0.2) is 12.6 Å². The fourth-order valence-electron chi connectivity index (χ4n) is 1.45. The fourth-order valence-corrected chi connectivity index (χ4v) is 1.98. The predicted molar refractivity (Wildman–Crippen MR) is 45.0 cm³/mol. The third kappa shape index (κ3) is 2.33. The van der Waals surface area contributed by atoms with E-state index in [9.17, 15) is 0 Å². The molecule has 0 bridgehead atoms. The Bertz CT molecular complexity index is 77.0. The van der Waals surface area contributed by atoms with Crippen LogP contribution in [0.5, 0.6) is 0 Å². The summed E-state index contributed by atoms with van der Waals surface area (Å²) in [5, 5.41) is 0. The van der Waals surface area contributed by atoms with Gasteiger partial charge in [0.25, 0.3) is 0 Å². The lowest BCUT2D eigenvalue weighted by atomic mass is 9.80. The van der Waals surface area contributed by atoms with Crippen molar-refractivity contribution < 1.29 is 0 Å². The van der Waals surface area contributed by atoms with Crippen molar-refractivity contribution in [1.82, 2.24) is 0 Å². The van der Waals surface area contributed by atoms with Gasteiger partial charge in [-0.15, -0.1) is 0 Å². The van der Waals surface area contributed by atoms with E-state index in [1.54, 1.807) is 0 Å². The summed E-state index contributed by atoms with van der Waals surface area (Å²) in [5.74, 6) is 0.749. The molecule has 0 N–H and O–H groups in total. The van der Waals surface area contributed by atoms with Crippen molar-refractivity contribution in [3.63, 3.8) is 0 Å². The van der Waals surface area contributed by atoms with Gasteiger partial charge < -0.3 is 0 Å². The Hall–Kier alpha value is 0.545. The summed E-state index contributed by atoms with van der Waals surface area (Å²) < 4.78 is 0.248. The maximum absolute atomic E-state index is 5.68. The SMILES string of the molecule is [B]C(Br)C1CCCCC1. The molecule has 1 aliphatic carbocycles. The Labute approximate surface area is 66.9 Å². The van der Waals surface area contributed by atoms with Crippen LogP contribution < -0.4 is 0 Å². The van der Waals surface area contributed by atoms with E-state index in [2.05, 4.69) is 15.9 Å². The third-order valence-electron chi connectivity index (χ3n) is 2.10. The second-order valence-electron chi connectivity index (χ2n) is 2.84. The van der Waals surface area contributed by atoms with Gasteiger partial charge in [-0.25, -0.2) is 0 Å². The summed E-state index contributed by atoms with van der Waals surface area (Å²) in [4.78, 5) is 0. The van der Waals surface area contributed by atoms with Crippen molar-refractivity contribution in [3.05, 3.63) is 0 Å². The topological polar surface area (TPSA) is 0 Å². The molecule has 2 heteroatoms. The second kappa shape index (κ2) is 3.65. The fraction of sp³-hybridized carbons (Fsp3) is 1.00. The molecule has 0 aromatic carbocycles. The van der Waals surface area contributed by atoms with Crippen molar-refractivity contribution in [2.75, 3.05) is 0 Å². The van der Waals surface area contributed by atoms with Crippen molar-refractivity contribution >= 4 is 23.8 Å². The maximum atomic E-state index is 5.68. The van der Waals surface area contributed by atoms with Crippen LogP contribution in [0.15, 0.2) is 0 Å². The third-order valence-corrected chi connectivity index (χ3v) is 2.85. The van der Waals surface area contributed by atoms with E-state index < -0.39 is 0 Å². The van der Waals surface area contributed by atoms with Gasteiger partial charge in [-0.2, -0.15) is 0 Å². The summed E-state index contributed by atoms with van der Waals surface area (Å²) in [7, 11) is 5.68. The molecule has 1 unspecified atom stereocenters. The molecule has 0 nitrogen and oxygen atoms in total. The molecule has 1 atom stereocenters. The van der Waals surface area contributed by atoms with Gasteiger partial charge in [0.15, 0.2) is 0 Å². The lowest BCUT2D eigenvalue weighted by Crippen LogP contribution is -2.17. The average molecular weight is 187 g/mol. The molecule has 1 saturated carbocycles. The molecule has 1 rings (SSSR count). The Balaban J connectivity index is 2.23. The van der Waals surface area contributed by atoms with Crippen LogP contribution in [0.1, 0.15) is 32.1 Å². The van der Waals surface area contributed by atoms with E-state index >= 15 is 0 Å². The highest BCUT2D eigenvalue weighted by molar-refractivity contribution is 9.10. The molecule has 0 spiro atoms. The van der Waals surface area contributed by atoms with Crippen LogP contribution in [0.2, 0.25) is 0 Å². The Morgan fingerprint density at radius 2 is 1.78 bits per heavy atom. The lowest BCUT2D eigenvalue weighted by molar-refractivity contribution is 0.380. The van der Waals surface area contributed by atoms with Crippen LogP contribution in [0.3, 0.4) is 0 Å². The van der Waals surface area contributed by atoms with Crippen LogP contribution in [-0.2, 0) is 0 Å². The molecular weight excluding hydrogens is 175 g/mol. The van der Waals surface area contributed by atoms with Crippen LogP contribution in [0.25, 0.3) is 0 Å². The first-order valence-electron chi connectivity index (χ1n) is 3.70. The molecular formula is C7H12BBr. The van der Waals surface area contributed by atoms with Gasteiger partial charge in [0, 0.05) is 0 Å². The molecule has 9 heavy (non-hydrogen) atoms. The number of halogens is 1. The van der Waals surface area contributed by atoms with Gasteiger partial charge in [-0.05, 0) is 10.6 Å². The maximum Gasteiger partial charge on any atom is 0.0858 e. The molecule has 0 amide bonds. The zero-order chi connectivity index (χ0) is 6.69. The summed E-state index contributed by atoms with van der Waals surface area (Å²) in [6, 6.07) is 0. The van der Waals surface area contributed by atoms with Crippen molar-refractivity contribution in [2.45, 2.75) is 36.8 Å². The van der Waals surface area contributed by atoms with Gasteiger partial charge in [0.2, 0.25) is 0 Å². The molecule has 0 aromatic heterocycles. The molecule has 0 heterocycles. The zero-order valence-corrected chi connectivity index (χ0v) is 7.23. The number of hydrogen-bond donors (Lipinski definition) is 0. The minimum absolute atomic E-state index is 0.248. The first-order valence-corrected chi connectivity index (χ1v) is 4.62. The largest absolute Gasteiger partial charge is 0.0994 e. The van der Waals surface area contributed by atoms with Gasteiger partial charge in [0.05, 0.1) is 7.85 Å². The highest BCUT2D eigenvalue weighted by atomic mass is 79.9. The average Bonchev–Trinajstić information content (AvgIpc) is 1.90. The molecule has 0 aliphatic heterocycles. The molecule has 1 fully saturated rings. The number of rotatable bonds is 1. The number of hydrogen-bond acceptors (Lipinski definition) is 0. The van der Waals surface area contributed by atoms with Crippen molar-refractivity contribution in [2.24, 2.45) is 5.92 Å². The number of alkyl halides is 1. The van der Waals surface area contributed by atoms with Crippen molar-refractivity contribution in [3.8, 4) is 0 Å². The summed E-state index contributed by atoms with van der Waals surface area (Å²) in [5.41, 5.74) is 0. The van der Waals surface area contributed by atoms with Crippen LogP contribution in [0, 0.1) is 5.92 Å². The standard InChI is InChI=1S/C7H12BBr/c8-7(9)6-4-2-1-3-5-6/h6-7H,1-5H2. The van der Waals surface area contributed by atoms with E-state index in [-0.39, 0.29) is 4.73 Å². The minimum atomic E-state index is 0.248. The highest BCUT2D eigenvalue weighted by Gasteiger charge is 2.16. The smallest absolute Gasteiger partial charge is 0.0858 e. The predicted octanol–water partition coefficient (Wildman–Crippen LogP) is 2.46. The Morgan fingerprint density at radius 3 is 2.11 bits per heavy atom. The minimum Gasteiger partial charge on any atom is -0.0994 e. The van der Waals surface area contributed by atoms with Gasteiger partial charge >= 0.3 is 0 Å². The second-order valence-corrected chi connectivity index (χ2v) is 3.90. The molecule has 0 saturated heterocycles. The summed E-state index contributed by atoms with van der Waals surface area (Å²) in [6.45, 7) is 0. The normalized spacial score (nSPS) is 25.9. The molecule has 0 aromatic rings. The summed E-state index contributed by atoms with van der Waals surface area (Å²) >= 11 is 3.41. The van der Waals surface area contributed by atoms with E-state index in [4.69, 9.17) is 7.85 Å². The van der Waals surface area contributed by atoms with Gasteiger partial charge in [-0.3, -0.25) is 0 Å². The molecule has 50 valence electrons. The first-order chi connectivity index (χ1) is 4.30. The Morgan fingerprint density at radius 1 is 1.22 bits per heavy atom. The highest BCUT2D eigenvalue weighted by Crippen LogP contribution is 2.28. The van der Waals surface area contributed by atoms with E-state index in [0.717, 1.165) is 5.92 Å². The van der Waals surface area contributed by atoms with E-state index in [1.807, 2.05) is 0 Å². The Kier molecular flexibility index (Phi) is 3.10. The van der Waals surface area contributed by atoms with E-state index in [1.165, 1.54) is 32.1 Å². The van der Waals surface area contributed by atoms with E-state index in [0.29, 0.717) is 0 Å². The van der Waals surface area contributed by atoms with Crippen LogP contribution in [0.4, 0.5) is 0 Å². The monoisotopic (exact) mass is 186 g/mol.